The van der Waals surface area contributed by atoms with Crippen molar-refractivity contribution >= 4 is 17.4 Å². The molecule has 1 aliphatic heterocycles. The molecule has 3 aromatic rings. The van der Waals surface area contributed by atoms with Gasteiger partial charge in [0.05, 0.1) is 18.7 Å². The van der Waals surface area contributed by atoms with Gasteiger partial charge in [0.15, 0.2) is 0 Å². The predicted molar refractivity (Wildman–Crippen MR) is 120 cm³/mol. The van der Waals surface area contributed by atoms with Gasteiger partial charge < -0.3 is 19.8 Å². The third-order valence-corrected chi connectivity index (χ3v) is 5.57. The average Bonchev–Trinajstić information content (AvgIpc) is 3.08. The highest BCUT2D eigenvalue weighted by Gasteiger charge is 2.45. The number of rotatable bonds is 6. The Balaban J connectivity index is 1.78. The van der Waals surface area contributed by atoms with E-state index < -0.39 is 17.7 Å². The van der Waals surface area contributed by atoms with Crippen molar-refractivity contribution in [2.45, 2.75) is 12.5 Å². The van der Waals surface area contributed by atoms with Crippen molar-refractivity contribution in [3.63, 3.8) is 0 Å². The summed E-state index contributed by atoms with van der Waals surface area (Å²) in [6.07, 6.45) is 0.547. The molecule has 4 rings (SSSR count). The topological polar surface area (TPSA) is 87.1 Å². The summed E-state index contributed by atoms with van der Waals surface area (Å²) in [6.45, 7) is 0.286. The van der Waals surface area contributed by atoms with E-state index in [4.69, 9.17) is 4.74 Å². The first-order valence-electron chi connectivity index (χ1n) is 10.3. The summed E-state index contributed by atoms with van der Waals surface area (Å²) < 4.78 is 5.15. The number of Topliss-reactive ketones (excluding diaryl/α,β-unsaturated/α-hetero) is 1. The van der Waals surface area contributed by atoms with E-state index in [1.54, 1.807) is 36.4 Å². The summed E-state index contributed by atoms with van der Waals surface area (Å²) in [7, 11) is 1.54. The third kappa shape index (κ3) is 4.07. The van der Waals surface area contributed by atoms with Crippen LogP contribution in [-0.4, -0.2) is 40.5 Å². The standard InChI is InChI=1S/C26H23NO5/c1-32-21-12-10-18(11-13-21)24(29)22-23(19-8-5-9-20(28)16-19)27(26(31)25(22)30)15-14-17-6-3-2-4-7-17/h2-13,16,23,28-29H,14-15H2,1H3/b24-22+. The van der Waals surface area contributed by atoms with Crippen LogP contribution < -0.4 is 4.74 Å². The molecule has 0 bridgehead atoms. The third-order valence-electron chi connectivity index (χ3n) is 5.57. The van der Waals surface area contributed by atoms with Crippen molar-refractivity contribution in [3.05, 3.63) is 101 Å². The summed E-state index contributed by atoms with van der Waals surface area (Å²) in [6, 6.07) is 21.8. The molecule has 3 aromatic carbocycles. The summed E-state index contributed by atoms with van der Waals surface area (Å²) >= 11 is 0. The Morgan fingerprint density at radius 1 is 0.969 bits per heavy atom. The Morgan fingerprint density at radius 3 is 2.34 bits per heavy atom. The fourth-order valence-corrected chi connectivity index (χ4v) is 3.95. The van der Waals surface area contributed by atoms with E-state index in [2.05, 4.69) is 0 Å². The number of aliphatic hydroxyl groups excluding tert-OH is 1. The minimum absolute atomic E-state index is 0.00108. The van der Waals surface area contributed by atoms with Gasteiger partial charge in [-0.25, -0.2) is 0 Å². The Labute approximate surface area is 186 Å². The highest BCUT2D eigenvalue weighted by Crippen LogP contribution is 2.40. The number of benzene rings is 3. The molecule has 0 radical (unpaired) electrons. The number of phenols is 1. The van der Waals surface area contributed by atoms with Crippen LogP contribution in [0.2, 0.25) is 0 Å². The van der Waals surface area contributed by atoms with E-state index in [0.717, 1.165) is 5.56 Å². The van der Waals surface area contributed by atoms with Crippen LogP contribution in [0.4, 0.5) is 0 Å². The second-order valence-electron chi connectivity index (χ2n) is 7.55. The fraction of sp³-hybridized carbons (Fsp3) is 0.154. The zero-order valence-electron chi connectivity index (χ0n) is 17.6. The first kappa shape index (κ1) is 21.2. The second kappa shape index (κ2) is 8.98. The number of carbonyl (C=O) groups is 2. The highest BCUT2D eigenvalue weighted by atomic mass is 16.5. The molecule has 6 heteroatoms. The maximum Gasteiger partial charge on any atom is 0.295 e. The van der Waals surface area contributed by atoms with Gasteiger partial charge in [-0.1, -0.05) is 42.5 Å². The summed E-state index contributed by atoms with van der Waals surface area (Å²) in [5.74, 6) is -1.07. The Morgan fingerprint density at radius 2 is 1.69 bits per heavy atom. The summed E-state index contributed by atoms with van der Waals surface area (Å²) in [4.78, 5) is 27.5. The van der Waals surface area contributed by atoms with E-state index in [1.165, 1.54) is 24.1 Å². The quantitative estimate of drug-likeness (QED) is 0.351. The van der Waals surface area contributed by atoms with Crippen LogP contribution in [0.3, 0.4) is 0 Å². The number of ether oxygens (including phenoxy) is 1. The molecular weight excluding hydrogens is 406 g/mol. The molecule has 0 saturated carbocycles. The second-order valence-corrected chi connectivity index (χ2v) is 7.55. The number of methoxy groups -OCH3 is 1. The van der Waals surface area contributed by atoms with Gasteiger partial charge in [-0.2, -0.15) is 0 Å². The van der Waals surface area contributed by atoms with E-state index >= 15 is 0 Å². The molecule has 2 N–H and O–H groups in total. The monoisotopic (exact) mass is 429 g/mol. The minimum Gasteiger partial charge on any atom is -0.508 e. The lowest BCUT2D eigenvalue weighted by Gasteiger charge is -2.25. The van der Waals surface area contributed by atoms with Gasteiger partial charge in [0.1, 0.15) is 17.3 Å². The Hall–Kier alpha value is -4.06. The normalized spacial score (nSPS) is 17.5. The fourth-order valence-electron chi connectivity index (χ4n) is 3.95. The van der Waals surface area contributed by atoms with E-state index in [9.17, 15) is 19.8 Å². The molecule has 162 valence electrons. The molecular formula is C26H23NO5. The van der Waals surface area contributed by atoms with Crippen LogP contribution >= 0.6 is 0 Å². The van der Waals surface area contributed by atoms with Gasteiger partial charge in [-0.15, -0.1) is 0 Å². The van der Waals surface area contributed by atoms with Crippen LogP contribution in [0.5, 0.6) is 11.5 Å². The molecule has 1 unspecified atom stereocenters. The molecule has 1 amide bonds. The van der Waals surface area contributed by atoms with E-state index in [1.807, 2.05) is 30.3 Å². The number of carbonyl (C=O) groups excluding carboxylic acids is 2. The Bertz CT molecular complexity index is 1170. The van der Waals surface area contributed by atoms with E-state index in [0.29, 0.717) is 23.3 Å². The number of hydrogen-bond acceptors (Lipinski definition) is 5. The number of aliphatic hydroxyl groups is 1. The molecule has 1 heterocycles. The molecule has 1 saturated heterocycles. The zero-order chi connectivity index (χ0) is 22.7. The lowest BCUT2D eigenvalue weighted by Crippen LogP contribution is -2.31. The van der Waals surface area contributed by atoms with Crippen LogP contribution in [0.15, 0.2) is 84.4 Å². The number of hydrogen-bond donors (Lipinski definition) is 2. The maximum atomic E-state index is 13.0. The van der Waals surface area contributed by atoms with Crippen molar-refractivity contribution in [2.75, 3.05) is 13.7 Å². The SMILES string of the molecule is COc1ccc(/C(O)=C2\C(=O)C(=O)N(CCc3ccccc3)C2c2cccc(O)c2)cc1. The summed E-state index contributed by atoms with van der Waals surface area (Å²) in [5.41, 5.74) is 1.97. The largest absolute Gasteiger partial charge is 0.508 e. The van der Waals surface area contributed by atoms with Gasteiger partial charge in [0.25, 0.3) is 11.7 Å². The van der Waals surface area contributed by atoms with Gasteiger partial charge in [0.2, 0.25) is 0 Å². The van der Waals surface area contributed by atoms with Crippen molar-refractivity contribution in [1.29, 1.82) is 0 Å². The number of amides is 1. The van der Waals surface area contributed by atoms with Gasteiger partial charge in [-0.3, -0.25) is 9.59 Å². The number of ketones is 1. The molecule has 1 atom stereocenters. The first-order valence-corrected chi connectivity index (χ1v) is 10.3. The summed E-state index contributed by atoms with van der Waals surface area (Å²) in [5, 5.41) is 21.1. The zero-order valence-corrected chi connectivity index (χ0v) is 17.6. The van der Waals surface area contributed by atoms with Gasteiger partial charge >= 0.3 is 0 Å². The smallest absolute Gasteiger partial charge is 0.295 e. The van der Waals surface area contributed by atoms with Crippen molar-refractivity contribution in [1.82, 2.24) is 4.90 Å². The molecule has 0 spiro atoms. The predicted octanol–water partition coefficient (Wildman–Crippen LogP) is 4.07. The number of phenolic OH excluding ortho intramolecular Hbond substituents is 1. The Kier molecular flexibility index (Phi) is 5.94. The molecule has 1 fully saturated rings. The van der Waals surface area contributed by atoms with Crippen LogP contribution in [0.1, 0.15) is 22.7 Å². The van der Waals surface area contributed by atoms with Crippen molar-refractivity contribution < 1.29 is 24.5 Å². The first-order chi connectivity index (χ1) is 15.5. The van der Waals surface area contributed by atoms with Gasteiger partial charge in [0, 0.05) is 12.1 Å². The van der Waals surface area contributed by atoms with Gasteiger partial charge in [-0.05, 0) is 53.9 Å². The van der Waals surface area contributed by atoms with Crippen LogP contribution in [0, 0.1) is 0 Å². The molecule has 32 heavy (non-hydrogen) atoms. The lowest BCUT2D eigenvalue weighted by molar-refractivity contribution is -0.139. The molecule has 6 nitrogen and oxygen atoms in total. The van der Waals surface area contributed by atoms with Crippen LogP contribution in [-0.2, 0) is 16.0 Å². The maximum absolute atomic E-state index is 13.0. The van der Waals surface area contributed by atoms with Crippen molar-refractivity contribution in [2.24, 2.45) is 0 Å². The number of likely N-dealkylation sites (tertiary alicyclic amines) is 1. The molecule has 0 aromatic heterocycles. The molecule has 0 aliphatic carbocycles. The number of nitrogens with zero attached hydrogens (tertiary/aromatic N) is 1. The lowest BCUT2D eigenvalue weighted by atomic mass is 9.95. The highest BCUT2D eigenvalue weighted by molar-refractivity contribution is 6.46. The minimum atomic E-state index is -0.812. The van der Waals surface area contributed by atoms with E-state index in [-0.39, 0.29) is 23.6 Å². The average molecular weight is 429 g/mol. The van der Waals surface area contributed by atoms with Crippen molar-refractivity contribution in [3.8, 4) is 11.5 Å². The van der Waals surface area contributed by atoms with Crippen LogP contribution in [0.25, 0.3) is 5.76 Å². The number of aromatic hydroxyl groups is 1. The molecule has 1 aliphatic rings.